The maximum absolute atomic E-state index is 12.1. The van der Waals surface area contributed by atoms with Gasteiger partial charge >= 0.3 is 6.03 Å². The summed E-state index contributed by atoms with van der Waals surface area (Å²) in [4.78, 5) is 18.4. The summed E-state index contributed by atoms with van der Waals surface area (Å²) >= 11 is 0. The summed E-state index contributed by atoms with van der Waals surface area (Å²) in [5.41, 5.74) is 0.299. The molecule has 17 heavy (non-hydrogen) atoms. The Kier molecular flexibility index (Phi) is 2.58. The Labute approximate surface area is 101 Å². The van der Waals surface area contributed by atoms with Crippen LogP contribution in [-0.2, 0) is 0 Å². The number of nitrogens with zero attached hydrogens (tertiary/aromatic N) is 3. The maximum atomic E-state index is 12.1. The van der Waals surface area contributed by atoms with Crippen molar-refractivity contribution in [2.24, 2.45) is 0 Å². The number of aromatic nitrogens is 1. The molecule has 1 aliphatic heterocycles. The van der Waals surface area contributed by atoms with E-state index in [0.29, 0.717) is 6.54 Å². The smallest absolute Gasteiger partial charge is 0.321 e. The van der Waals surface area contributed by atoms with Crippen LogP contribution in [0.15, 0.2) is 18.5 Å². The van der Waals surface area contributed by atoms with E-state index in [0.717, 1.165) is 5.56 Å². The van der Waals surface area contributed by atoms with E-state index in [-0.39, 0.29) is 12.1 Å². The number of nitriles is 1. The molecule has 0 spiro atoms. The summed E-state index contributed by atoms with van der Waals surface area (Å²) in [6.45, 7) is 4.07. The van der Waals surface area contributed by atoms with Gasteiger partial charge in [0.15, 0.2) is 0 Å². The predicted molar refractivity (Wildman–Crippen MR) is 63.1 cm³/mol. The summed E-state index contributed by atoms with van der Waals surface area (Å²) < 4.78 is 0. The van der Waals surface area contributed by atoms with E-state index in [1.165, 1.54) is 0 Å². The van der Waals surface area contributed by atoms with Gasteiger partial charge in [-0.1, -0.05) is 0 Å². The third kappa shape index (κ3) is 1.76. The van der Waals surface area contributed by atoms with Crippen molar-refractivity contribution < 1.29 is 4.79 Å². The van der Waals surface area contributed by atoms with E-state index in [9.17, 15) is 4.79 Å². The van der Waals surface area contributed by atoms with Crippen LogP contribution < -0.4 is 0 Å². The van der Waals surface area contributed by atoms with Crippen LogP contribution in [0.5, 0.6) is 0 Å². The molecule has 90 valence electrons. The number of likely N-dealkylation sites (N-methyl/N-ethyl adjacent to an activating group) is 1. The van der Waals surface area contributed by atoms with Crippen molar-refractivity contribution in [2.75, 3.05) is 13.6 Å². The number of carbonyl (C=O) groups excluding carboxylic acids is 1. The van der Waals surface area contributed by atoms with Gasteiger partial charge in [0.2, 0.25) is 0 Å². The first-order chi connectivity index (χ1) is 7.97. The summed E-state index contributed by atoms with van der Waals surface area (Å²) in [6, 6.07) is 4.05. The SMILES string of the molecule is CN1C(=O)N(C(C)(C)C#N)CC1c1cc[nH]c1. The molecule has 1 unspecified atom stereocenters. The molecule has 0 saturated carbocycles. The third-order valence-corrected chi connectivity index (χ3v) is 3.31. The van der Waals surface area contributed by atoms with E-state index >= 15 is 0 Å². The van der Waals surface area contributed by atoms with Crippen molar-refractivity contribution in [2.45, 2.75) is 25.4 Å². The number of aromatic amines is 1. The van der Waals surface area contributed by atoms with Crippen LogP contribution in [-0.4, -0.2) is 39.9 Å². The van der Waals surface area contributed by atoms with Gasteiger partial charge in [0.05, 0.1) is 12.1 Å². The van der Waals surface area contributed by atoms with Gasteiger partial charge in [-0.3, -0.25) is 0 Å². The number of amides is 2. The Hall–Kier alpha value is -1.96. The van der Waals surface area contributed by atoms with Gasteiger partial charge < -0.3 is 14.8 Å². The second-order valence-corrected chi connectivity index (χ2v) is 4.84. The molecule has 1 fully saturated rings. The molecule has 1 saturated heterocycles. The average Bonchev–Trinajstić information content (AvgIpc) is 2.89. The summed E-state index contributed by atoms with van der Waals surface area (Å²) in [6.07, 6.45) is 3.73. The van der Waals surface area contributed by atoms with Crippen LogP contribution in [0.4, 0.5) is 4.79 Å². The molecular formula is C12H16N4O. The molecule has 5 heteroatoms. The molecule has 0 radical (unpaired) electrons. The molecular weight excluding hydrogens is 216 g/mol. The molecule has 0 aliphatic carbocycles. The van der Waals surface area contributed by atoms with Crippen LogP contribution in [0.25, 0.3) is 0 Å². The molecule has 1 aromatic heterocycles. The van der Waals surface area contributed by atoms with Crippen LogP contribution in [0.3, 0.4) is 0 Å². The highest BCUT2D eigenvalue weighted by Gasteiger charge is 2.43. The Morgan fingerprint density at radius 1 is 1.59 bits per heavy atom. The van der Waals surface area contributed by atoms with E-state index in [2.05, 4.69) is 11.1 Å². The fraction of sp³-hybridized carbons (Fsp3) is 0.500. The summed E-state index contributed by atoms with van der Waals surface area (Å²) in [5.74, 6) is 0. The van der Waals surface area contributed by atoms with Crippen molar-refractivity contribution in [3.05, 3.63) is 24.0 Å². The largest absolute Gasteiger partial charge is 0.367 e. The van der Waals surface area contributed by atoms with Gasteiger partial charge in [0.25, 0.3) is 0 Å². The van der Waals surface area contributed by atoms with E-state index in [4.69, 9.17) is 5.26 Å². The van der Waals surface area contributed by atoms with E-state index in [1.54, 1.807) is 30.7 Å². The minimum Gasteiger partial charge on any atom is -0.367 e. The van der Waals surface area contributed by atoms with Crippen molar-refractivity contribution in [1.82, 2.24) is 14.8 Å². The lowest BCUT2D eigenvalue weighted by Crippen LogP contribution is -2.44. The molecule has 1 N–H and O–H groups in total. The van der Waals surface area contributed by atoms with E-state index < -0.39 is 5.54 Å². The molecule has 2 amide bonds. The van der Waals surface area contributed by atoms with Crippen LogP contribution in [0.2, 0.25) is 0 Å². The minimum absolute atomic E-state index is 0.0152. The summed E-state index contributed by atoms with van der Waals surface area (Å²) in [5, 5.41) is 9.11. The molecule has 5 nitrogen and oxygen atoms in total. The molecule has 0 bridgehead atoms. The predicted octanol–water partition coefficient (Wildman–Crippen LogP) is 1.73. The Morgan fingerprint density at radius 2 is 2.29 bits per heavy atom. The van der Waals surface area contributed by atoms with Crippen LogP contribution >= 0.6 is 0 Å². The highest BCUT2D eigenvalue weighted by Crippen LogP contribution is 2.32. The quantitative estimate of drug-likeness (QED) is 0.844. The van der Waals surface area contributed by atoms with Crippen molar-refractivity contribution in [3.63, 3.8) is 0 Å². The lowest BCUT2D eigenvalue weighted by Gasteiger charge is -2.27. The maximum Gasteiger partial charge on any atom is 0.321 e. The lowest BCUT2D eigenvalue weighted by atomic mass is 10.0. The topological polar surface area (TPSA) is 63.1 Å². The lowest BCUT2D eigenvalue weighted by molar-refractivity contribution is 0.172. The zero-order valence-electron chi connectivity index (χ0n) is 10.3. The Morgan fingerprint density at radius 3 is 2.82 bits per heavy atom. The molecule has 1 aliphatic rings. The fourth-order valence-electron chi connectivity index (χ4n) is 2.10. The number of urea groups is 1. The second kappa shape index (κ2) is 3.81. The number of H-pyrrole nitrogens is 1. The van der Waals surface area contributed by atoms with Gasteiger partial charge in [-0.15, -0.1) is 0 Å². The highest BCUT2D eigenvalue weighted by molar-refractivity contribution is 5.78. The van der Waals surface area contributed by atoms with Crippen LogP contribution in [0, 0.1) is 11.3 Å². The first kappa shape index (κ1) is 11.5. The van der Waals surface area contributed by atoms with Crippen LogP contribution in [0.1, 0.15) is 25.5 Å². The number of rotatable bonds is 2. The number of nitrogens with one attached hydrogen (secondary N) is 1. The molecule has 1 atom stereocenters. The fourth-order valence-corrected chi connectivity index (χ4v) is 2.10. The second-order valence-electron chi connectivity index (χ2n) is 4.84. The zero-order chi connectivity index (χ0) is 12.6. The van der Waals surface area contributed by atoms with Crippen molar-refractivity contribution in [1.29, 1.82) is 5.26 Å². The van der Waals surface area contributed by atoms with Crippen molar-refractivity contribution >= 4 is 6.03 Å². The van der Waals surface area contributed by atoms with Gasteiger partial charge in [0.1, 0.15) is 5.54 Å². The van der Waals surface area contributed by atoms with Gasteiger partial charge in [0, 0.05) is 26.0 Å². The highest BCUT2D eigenvalue weighted by atomic mass is 16.2. The monoisotopic (exact) mass is 232 g/mol. The number of hydrogen-bond acceptors (Lipinski definition) is 2. The molecule has 2 rings (SSSR count). The number of hydrogen-bond donors (Lipinski definition) is 1. The normalized spacial score (nSPS) is 20.8. The van der Waals surface area contributed by atoms with Gasteiger partial charge in [-0.2, -0.15) is 5.26 Å². The summed E-state index contributed by atoms with van der Waals surface area (Å²) in [7, 11) is 1.77. The van der Waals surface area contributed by atoms with Gasteiger partial charge in [-0.05, 0) is 25.5 Å². The first-order valence-corrected chi connectivity index (χ1v) is 5.56. The molecule has 1 aromatic rings. The zero-order valence-corrected chi connectivity index (χ0v) is 10.3. The first-order valence-electron chi connectivity index (χ1n) is 5.56. The van der Waals surface area contributed by atoms with Crippen molar-refractivity contribution in [3.8, 4) is 6.07 Å². The number of carbonyl (C=O) groups is 1. The minimum atomic E-state index is -0.767. The third-order valence-electron chi connectivity index (χ3n) is 3.31. The standard InChI is InChI=1S/C12H16N4O/c1-12(2,8-13)16-7-10(15(3)11(16)17)9-4-5-14-6-9/h4-6,10,14H,7H2,1-3H3. The average molecular weight is 232 g/mol. The molecule has 2 heterocycles. The Bertz CT molecular complexity index is 457. The van der Waals surface area contributed by atoms with E-state index in [1.807, 2.05) is 18.5 Å². The molecule has 0 aromatic carbocycles. The Balaban J connectivity index is 2.27. The van der Waals surface area contributed by atoms with Gasteiger partial charge in [-0.25, -0.2) is 4.79 Å².